The fourth-order valence-electron chi connectivity index (χ4n) is 2.82. The molecule has 0 radical (unpaired) electrons. The molecule has 0 unspecified atom stereocenters. The quantitative estimate of drug-likeness (QED) is 0.461. The van der Waals surface area contributed by atoms with Crippen LogP contribution < -0.4 is 5.32 Å². The third-order valence-electron chi connectivity index (χ3n) is 3.93. The average Bonchev–Trinajstić information content (AvgIpc) is 2.73. The highest BCUT2D eigenvalue weighted by atomic mass is 32.2. The zero-order valence-electron chi connectivity index (χ0n) is 14.8. The predicted octanol–water partition coefficient (Wildman–Crippen LogP) is 3.62. The summed E-state index contributed by atoms with van der Waals surface area (Å²) in [6, 6.07) is 5.90. The van der Waals surface area contributed by atoms with Crippen LogP contribution in [0.3, 0.4) is 0 Å². The number of thiocarbonyl (C=S) groups is 1. The van der Waals surface area contributed by atoms with Crippen molar-refractivity contribution in [3.63, 3.8) is 0 Å². The summed E-state index contributed by atoms with van der Waals surface area (Å²) in [5, 5.41) is 13.8. The second-order valence-corrected chi connectivity index (χ2v) is 9.12. The minimum absolute atomic E-state index is 0.0989. The van der Waals surface area contributed by atoms with E-state index in [-0.39, 0.29) is 11.9 Å². The Kier molecular flexibility index (Phi) is 6.29. The number of benzene rings is 1. The molecule has 1 aromatic carbocycles. The van der Waals surface area contributed by atoms with Gasteiger partial charge in [0, 0.05) is 12.6 Å². The average molecular weight is 386 g/mol. The Morgan fingerprint density at radius 2 is 2.12 bits per heavy atom. The number of carbonyl (C=O) groups is 1. The Labute approximate surface area is 157 Å². The molecule has 1 fully saturated rings. The van der Waals surface area contributed by atoms with E-state index in [0.717, 1.165) is 0 Å². The number of carbonyl (C=O) groups excluding carboxylic acids is 1. The summed E-state index contributed by atoms with van der Waals surface area (Å²) in [5.41, 5.74) is 0.579. The molecule has 0 bridgehead atoms. The van der Waals surface area contributed by atoms with E-state index in [0.29, 0.717) is 27.9 Å². The fraction of sp³-hybridized carbons (Fsp3) is 0.529. The molecule has 1 atom stereocenters. The summed E-state index contributed by atoms with van der Waals surface area (Å²) in [4.78, 5) is 14.0. The number of thioether (sulfide) groups is 1. The van der Waals surface area contributed by atoms with E-state index >= 15 is 0 Å². The number of nitrogens with one attached hydrogen (secondary N) is 1. The van der Waals surface area contributed by atoms with Crippen LogP contribution in [-0.2, 0) is 6.42 Å². The lowest BCUT2D eigenvalue weighted by molar-refractivity contribution is -0.118. The van der Waals surface area contributed by atoms with E-state index in [1.807, 2.05) is 27.7 Å². The van der Waals surface area contributed by atoms with Gasteiger partial charge in [0.25, 0.3) is 0 Å². The van der Waals surface area contributed by atoms with E-state index in [1.165, 1.54) is 17.8 Å². The minimum Gasteiger partial charge on any atom is -0.334 e. The summed E-state index contributed by atoms with van der Waals surface area (Å²) in [6.45, 7) is 7.89. The molecule has 5 nitrogen and oxygen atoms in total. The number of hydrogen-bond donors (Lipinski definition) is 2. The number of hydrogen-bond acceptors (Lipinski definition) is 4. The van der Waals surface area contributed by atoms with E-state index < -0.39 is 16.9 Å². The smallest absolute Gasteiger partial charge is 0.334 e. The zero-order valence-corrected chi connectivity index (χ0v) is 16.5. The Morgan fingerprint density at radius 3 is 2.72 bits per heavy atom. The van der Waals surface area contributed by atoms with Gasteiger partial charge in [0.2, 0.25) is 0 Å². The van der Waals surface area contributed by atoms with Crippen LogP contribution in [0, 0.1) is 5.82 Å². The molecule has 2 amide bonds. The maximum absolute atomic E-state index is 13.9. The molecule has 1 aromatic rings. The highest BCUT2D eigenvalue weighted by molar-refractivity contribution is 8.24. The van der Waals surface area contributed by atoms with Crippen LogP contribution in [-0.4, -0.2) is 49.0 Å². The highest BCUT2D eigenvalue weighted by Crippen LogP contribution is 2.42. The Morgan fingerprint density at radius 1 is 1.48 bits per heavy atom. The van der Waals surface area contributed by atoms with Crippen molar-refractivity contribution in [2.75, 3.05) is 6.54 Å². The van der Waals surface area contributed by atoms with Gasteiger partial charge in [-0.1, -0.05) is 42.2 Å². The van der Waals surface area contributed by atoms with Crippen LogP contribution in [0.5, 0.6) is 0 Å². The van der Waals surface area contributed by atoms with Gasteiger partial charge in [0.1, 0.15) is 16.3 Å². The molecule has 2 rings (SSSR count). The largest absolute Gasteiger partial charge is 0.343 e. The van der Waals surface area contributed by atoms with Crippen LogP contribution in [0.25, 0.3) is 0 Å². The second kappa shape index (κ2) is 7.88. The van der Waals surface area contributed by atoms with Crippen molar-refractivity contribution in [1.82, 2.24) is 15.3 Å². The molecule has 1 aliphatic rings. The van der Waals surface area contributed by atoms with Crippen molar-refractivity contribution in [3.8, 4) is 0 Å². The van der Waals surface area contributed by atoms with Crippen molar-refractivity contribution < 1.29 is 14.4 Å². The van der Waals surface area contributed by atoms with Crippen LogP contribution >= 0.6 is 24.0 Å². The lowest BCUT2D eigenvalue weighted by atomic mass is 10.1. The van der Waals surface area contributed by atoms with Gasteiger partial charge >= 0.3 is 6.03 Å². The van der Waals surface area contributed by atoms with E-state index in [2.05, 4.69) is 5.32 Å². The third kappa shape index (κ3) is 4.62. The van der Waals surface area contributed by atoms with Gasteiger partial charge in [0.05, 0.1) is 4.75 Å². The van der Waals surface area contributed by atoms with Gasteiger partial charge in [-0.2, -0.15) is 5.06 Å². The van der Waals surface area contributed by atoms with Crippen LogP contribution in [0.1, 0.15) is 33.3 Å². The number of halogens is 1. The number of nitrogens with zero attached hydrogens (tertiary/aromatic N) is 2. The SMILES string of the molecule is CC(C)NC(=O)N(O)[C@H]1N(CCc2ccccc2F)C(=S)SC1(C)C. The first kappa shape index (κ1) is 19.9. The molecule has 1 aliphatic heterocycles. The molecule has 1 saturated heterocycles. The Balaban J connectivity index is 2.17. The first-order valence-electron chi connectivity index (χ1n) is 8.15. The molecule has 25 heavy (non-hydrogen) atoms. The lowest BCUT2D eigenvalue weighted by Gasteiger charge is -2.37. The van der Waals surface area contributed by atoms with Crippen molar-refractivity contribution >= 4 is 34.3 Å². The molecule has 0 saturated carbocycles. The summed E-state index contributed by atoms with van der Waals surface area (Å²) in [7, 11) is 0. The van der Waals surface area contributed by atoms with Crippen LogP contribution in [0.2, 0.25) is 0 Å². The van der Waals surface area contributed by atoms with Gasteiger partial charge in [-0.05, 0) is 45.7 Å². The number of rotatable bonds is 5. The normalized spacial score (nSPS) is 19.4. The molecular formula is C17H24FN3O2S2. The maximum atomic E-state index is 13.9. The van der Waals surface area contributed by atoms with Crippen molar-refractivity contribution in [2.24, 2.45) is 0 Å². The molecule has 138 valence electrons. The summed E-state index contributed by atoms with van der Waals surface area (Å²) in [6.07, 6.45) is -0.199. The molecule has 8 heteroatoms. The van der Waals surface area contributed by atoms with Gasteiger partial charge in [-0.25, -0.2) is 9.18 Å². The van der Waals surface area contributed by atoms with E-state index in [1.54, 1.807) is 23.1 Å². The van der Waals surface area contributed by atoms with Crippen LogP contribution in [0.4, 0.5) is 9.18 Å². The molecular weight excluding hydrogens is 361 g/mol. The van der Waals surface area contributed by atoms with Crippen LogP contribution in [0.15, 0.2) is 24.3 Å². The zero-order chi connectivity index (χ0) is 18.8. The third-order valence-corrected chi connectivity index (χ3v) is 5.56. The van der Waals surface area contributed by atoms with Crippen molar-refractivity contribution in [3.05, 3.63) is 35.6 Å². The van der Waals surface area contributed by atoms with E-state index in [4.69, 9.17) is 12.2 Å². The van der Waals surface area contributed by atoms with Gasteiger partial charge in [0.15, 0.2) is 0 Å². The molecule has 0 aliphatic carbocycles. The second-order valence-electron chi connectivity index (χ2n) is 6.83. The molecule has 0 spiro atoms. The summed E-state index contributed by atoms with van der Waals surface area (Å²) in [5.74, 6) is -0.269. The first-order chi connectivity index (χ1) is 11.6. The fourth-order valence-corrected chi connectivity index (χ4v) is 4.74. The standard InChI is InChI=1S/C17H24FN3O2S2/c1-11(2)19-15(22)21(23)14-17(3,4)25-16(24)20(14)10-9-12-7-5-6-8-13(12)18/h5-8,11,14,23H,9-10H2,1-4H3,(H,19,22)/t14-/m1/s1. The number of urea groups is 1. The lowest BCUT2D eigenvalue weighted by Crippen LogP contribution is -2.57. The predicted molar refractivity (Wildman–Crippen MR) is 102 cm³/mol. The van der Waals surface area contributed by atoms with Gasteiger partial charge < -0.3 is 10.2 Å². The Bertz CT molecular complexity index is 655. The minimum atomic E-state index is -0.629. The summed E-state index contributed by atoms with van der Waals surface area (Å²) >= 11 is 6.86. The van der Waals surface area contributed by atoms with E-state index in [9.17, 15) is 14.4 Å². The molecule has 1 heterocycles. The molecule has 2 N–H and O–H groups in total. The van der Waals surface area contributed by atoms with Crippen molar-refractivity contribution in [1.29, 1.82) is 0 Å². The highest BCUT2D eigenvalue weighted by Gasteiger charge is 2.49. The van der Waals surface area contributed by atoms with Crippen molar-refractivity contribution in [2.45, 2.75) is 51.1 Å². The number of hydroxylamine groups is 2. The monoisotopic (exact) mass is 385 g/mol. The maximum Gasteiger partial charge on any atom is 0.343 e. The van der Waals surface area contributed by atoms with Gasteiger partial charge in [-0.3, -0.25) is 5.21 Å². The Hall–Kier alpha value is -1.38. The molecule has 0 aromatic heterocycles. The van der Waals surface area contributed by atoms with Gasteiger partial charge in [-0.15, -0.1) is 0 Å². The summed E-state index contributed by atoms with van der Waals surface area (Å²) < 4.78 is 14.0. The number of amides is 2. The first-order valence-corrected chi connectivity index (χ1v) is 9.37. The topological polar surface area (TPSA) is 55.8 Å².